The minimum Gasteiger partial charge on any atom is -1.00 e. The Kier molecular flexibility index (Phi) is 7.77. The van der Waals surface area contributed by atoms with E-state index in [2.05, 4.69) is 10.8 Å². The summed E-state index contributed by atoms with van der Waals surface area (Å²) in [6, 6.07) is 3.93. The van der Waals surface area contributed by atoms with E-state index in [4.69, 9.17) is 0 Å². The Morgan fingerprint density at radius 2 is 2.00 bits per heavy atom. The summed E-state index contributed by atoms with van der Waals surface area (Å²) in [5, 5.41) is 0. The maximum atomic E-state index is 12.4. The van der Waals surface area contributed by atoms with E-state index in [1.165, 1.54) is 7.11 Å². The maximum Gasteiger partial charge on any atom is 2.00 e. The molecular formula is C7H5ClF2MgO. The molecule has 1 aromatic carbocycles. The van der Waals surface area contributed by atoms with Crippen molar-refractivity contribution in [2.45, 2.75) is 0 Å². The van der Waals surface area contributed by atoms with Gasteiger partial charge in [0.25, 0.3) is 0 Å². The Balaban J connectivity index is 0. The van der Waals surface area contributed by atoms with Gasteiger partial charge in [0.15, 0.2) is 0 Å². The first kappa shape index (κ1) is 14.5. The average Bonchev–Trinajstić information content (AvgIpc) is 1.94. The maximum absolute atomic E-state index is 12.4. The van der Waals surface area contributed by atoms with Crippen molar-refractivity contribution >= 4 is 23.1 Å². The Morgan fingerprint density at radius 1 is 1.42 bits per heavy atom. The van der Waals surface area contributed by atoms with Crippen LogP contribution in [0, 0.1) is 17.7 Å². The molecule has 0 bridgehead atoms. The number of ether oxygens (including phenoxy) is 1. The molecule has 0 aliphatic rings. The minimum absolute atomic E-state index is 0. The van der Waals surface area contributed by atoms with Crippen LogP contribution in [0.3, 0.4) is 0 Å². The molecule has 0 spiro atoms. The van der Waals surface area contributed by atoms with Crippen molar-refractivity contribution in [2.75, 3.05) is 7.11 Å². The van der Waals surface area contributed by atoms with Gasteiger partial charge in [0, 0.05) is 11.6 Å². The molecule has 1 rings (SSSR count). The van der Waals surface area contributed by atoms with Gasteiger partial charge in [0.1, 0.15) is 0 Å². The summed E-state index contributed by atoms with van der Waals surface area (Å²) in [6.45, 7) is 0. The van der Waals surface area contributed by atoms with Crippen LogP contribution in [0.15, 0.2) is 12.1 Å². The first-order chi connectivity index (χ1) is 4.74. The van der Waals surface area contributed by atoms with E-state index in [0.717, 1.165) is 12.1 Å². The molecule has 0 heterocycles. The molecule has 1 aromatic rings. The van der Waals surface area contributed by atoms with Gasteiger partial charge in [0.2, 0.25) is 0 Å². The molecule has 0 aromatic heterocycles. The summed E-state index contributed by atoms with van der Waals surface area (Å²) in [7, 11) is 1.27. The third kappa shape index (κ3) is 3.56. The molecule has 0 N–H and O–H groups in total. The van der Waals surface area contributed by atoms with Crippen molar-refractivity contribution in [3.8, 4) is 5.75 Å². The van der Waals surface area contributed by atoms with Crippen LogP contribution >= 0.6 is 0 Å². The zero-order valence-electron chi connectivity index (χ0n) is 6.40. The van der Waals surface area contributed by atoms with Gasteiger partial charge in [-0.05, 0) is 0 Å². The second kappa shape index (κ2) is 6.45. The van der Waals surface area contributed by atoms with Gasteiger partial charge in [-0.25, -0.2) is 4.39 Å². The Morgan fingerprint density at radius 3 is 2.42 bits per heavy atom. The number of methoxy groups -OCH3 is 1. The quantitative estimate of drug-likeness (QED) is 0.394. The van der Waals surface area contributed by atoms with Crippen LogP contribution in [0.25, 0.3) is 0 Å². The number of hydrogen-bond donors (Lipinski definition) is 0. The molecule has 5 heteroatoms. The fraction of sp³-hybridized carbons (Fsp3) is 0.143. The van der Waals surface area contributed by atoms with E-state index >= 15 is 0 Å². The summed E-state index contributed by atoms with van der Waals surface area (Å²) in [5.41, 5.74) is 0. The zero-order chi connectivity index (χ0) is 7.56. The number of hydrogen-bond acceptors (Lipinski definition) is 1. The molecular weight excluding hydrogens is 198 g/mol. The minimum atomic E-state index is -0.677. The van der Waals surface area contributed by atoms with Gasteiger partial charge in [-0.3, -0.25) is 4.39 Å². The summed E-state index contributed by atoms with van der Waals surface area (Å²) in [4.78, 5) is 0. The molecule has 0 unspecified atom stereocenters. The predicted molar refractivity (Wildman–Crippen MR) is 37.5 cm³/mol. The molecule has 0 atom stereocenters. The van der Waals surface area contributed by atoms with Crippen LogP contribution in [0.2, 0.25) is 0 Å². The molecule has 0 saturated carbocycles. The first-order valence-electron chi connectivity index (χ1n) is 2.65. The Hall–Kier alpha value is -0.0638. The van der Waals surface area contributed by atoms with Crippen LogP contribution in [0.5, 0.6) is 5.75 Å². The van der Waals surface area contributed by atoms with Gasteiger partial charge in [-0.2, -0.15) is 0 Å². The van der Waals surface area contributed by atoms with E-state index in [9.17, 15) is 8.78 Å². The fourth-order valence-corrected chi connectivity index (χ4v) is 0.582. The topological polar surface area (TPSA) is 9.23 Å². The largest absolute Gasteiger partial charge is 2.00 e. The van der Waals surface area contributed by atoms with Crippen LogP contribution in [-0.4, -0.2) is 30.2 Å². The zero-order valence-corrected chi connectivity index (χ0v) is 8.57. The van der Waals surface area contributed by atoms with Crippen LogP contribution in [0.1, 0.15) is 0 Å². The van der Waals surface area contributed by atoms with Gasteiger partial charge in [-0.15, -0.1) is 12.1 Å². The Bertz CT molecular complexity index is 245. The van der Waals surface area contributed by atoms with Crippen molar-refractivity contribution in [2.24, 2.45) is 0 Å². The van der Waals surface area contributed by atoms with Crippen molar-refractivity contribution in [1.29, 1.82) is 0 Å². The van der Waals surface area contributed by atoms with Crippen molar-refractivity contribution in [3.63, 3.8) is 0 Å². The summed E-state index contributed by atoms with van der Waals surface area (Å²) >= 11 is 0. The third-order valence-electron chi connectivity index (χ3n) is 1.04. The molecule has 0 saturated heterocycles. The normalized spacial score (nSPS) is 7.92. The van der Waals surface area contributed by atoms with Crippen molar-refractivity contribution in [1.82, 2.24) is 0 Å². The Labute approximate surface area is 91.7 Å². The second-order valence-electron chi connectivity index (χ2n) is 1.70. The van der Waals surface area contributed by atoms with Crippen LogP contribution < -0.4 is 17.1 Å². The molecule has 0 amide bonds. The van der Waals surface area contributed by atoms with Crippen LogP contribution in [0.4, 0.5) is 8.78 Å². The van der Waals surface area contributed by atoms with Crippen LogP contribution in [-0.2, 0) is 0 Å². The van der Waals surface area contributed by atoms with Crippen molar-refractivity contribution < 1.29 is 25.9 Å². The predicted octanol–water partition coefficient (Wildman–Crippen LogP) is -1.60. The molecule has 62 valence electrons. The molecule has 0 radical (unpaired) electrons. The van der Waals surface area contributed by atoms with Crippen molar-refractivity contribution in [3.05, 3.63) is 29.8 Å². The van der Waals surface area contributed by atoms with E-state index < -0.39 is 11.6 Å². The number of rotatable bonds is 1. The molecule has 0 aliphatic carbocycles. The van der Waals surface area contributed by atoms with Gasteiger partial charge >= 0.3 is 23.1 Å². The average molecular weight is 203 g/mol. The summed E-state index contributed by atoms with van der Waals surface area (Å²) in [5.74, 6) is -1.36. The third-order valence-corrected chi connectivity index (χ3v) is 1.04. The van der Waals surface area contributed by atoms with Gasteiger partial charge in [0.05, 0.1) is 12.9 Å². The van der Waals surface area contributed by atoms with E-state index in [1.807, 2.05) is 0 Å². The molecule has 1 nitrogen and oxygen atoms in total. The van der Waals surface area contributed by atoms with E-state index in [0.29, 0.717) is 0 Å². The van der Waals surface area contributed by atoms with E-state index in [-0.39, 0.29) is 41.2 Å². The second-order valence-corrected chi connectivity index (χ2v) is 1.70. The standard InChI is InChI=1S/C7H5F2O.ClH.Mg/c1-10-7-4-5(8)2-3-6(7)9;;/h2,4H,1H3;1H;/q-1;;+2/p-1. The molecule has 12 heavy (non-hydrogen) atoms. The SMILES string of the molecule is COc1cc(F)c[c-]c1F.[Cl-].[Mg+2]. The molecule has 0 aliphatic heterocycles. The number of benzene rings is 1. The summed E-state index contributed by atoms with van der Waals surface area (Å²) in [6.07, 6.45) is 0. The summed E-state index contributed by atoms with van der Waals surface area (Å²) < 4.78 is 29.2. The first-order valence-corrected chi connectivity index (χ1v) is 2.65. The fourth-order valence-electron chi connectivity index (χ4n) is 0.582. The monoisotopic (exact) mass is 202 g/mol. The van der Waals surface area contributed by atoms with Gasteiger partial charge < -0.3 is 17.1 Å². The molecule has 0 fully saturated rings. The van der Waals surface area contributed by atoms with Gasteiger partial charge in [-0.1, -0.05) is 6.07 Å². The number of halogens is 3. The smallest absolute Gasteiger partial charge is 1.00 e. The van der Waals surface area contributed by atoms with E-state index in [1.54, 1.807) is 0 Å².